The first-order valence-corrected chi connectivity index (χ1v) is 8.24. The molecule has 0 bridgehead atoms. The minimum atomic E-state index is -1.03. The van der Waals surface area contributed by atoms with Crippen LogP contribution in [0, 0.1) is 6.92 Å². The lowest BCUT2D eigenvalue weighted by Crippen LogP contribution is -2.20. The van der Waals surface area contributed by atoms with Gasteiger partial charge in [0.2, 0.25) is 5.91 Å². The van der Waals surface area contributed by atoms with Gasteiger partial charge in [0.25, 0.3) is 0 Å². The molecule has 1 heterocycles. The molecule has 1 amide bonds. The van der Waals surface area contributed by atoms with Gasteiger partial charge in [-0.3, -0.25) is 9.59 Å². The second-order valence-electron chi connectivity index (χ2n) is 6.08. The number of carboxylic acids is 1. The molecule has 2 aromatic carbocycles. The molecule has 1 aromatic heterocycles. The lowest BCUT2D eigenvalue weighted by Gasteiger charge is -2.04. The number of benzene rings is 2. The minimum Gasteiger partial charge on any atom is -0.478 e. The van der Waals surface area contributed by atoms with E-state index in [-0.39, 0.29) is 23.1 Å². The highest BCUT2D eigenvalue weighted by atomic mass is 16.4. The minimum absolute atomic E-state index is 0.154. The fourth-order valence-electron chi connectivity index (χ4n) is 2.60. The average molecular weight is 363 g/mol. The van der Waals surface area contributed by atoms with Crippen molar-refractivity contribution >= 4 is 28.9 Å². The largest absolute Gasteiger partial charge is 0.478 e. The third-order valence-electron chi connectivity index (χ3n) is 4.01. The maximum Gasteiger partial charge on any atom is 0.335 e. The Labute approximate surface area is 154 Å². The smallest absolute Gasteiger partial charge is 0.335 e. The molecule has 136 valence electrons. The van der Waals surface area contributed by atoms with Gasteiger partial charge in [0.15, 0.2) is 5.43 Å². The molecule has 3 rings (SSSR count). The van der Waals surface area contributed by atoms with Crippen molar-refractivity contribution in [3.8, 4) is 0 Å². The Hall–Kier alpha value is -3.67. The SMILES string of the molecule is Cc1ccc2occ(/C=C/C(=O)NCc3cccc(C(=O)O)c3)c(=O)c2c1. The van der Waals surface area contributed by atoms with E-state index in [0.717, 1.165) is 5.56 Å². The number of carbonyl (C=O) groups is 2. The molecule has 27 heavy (non-hydrogen) atoms. The number of carboxylic acid groups (broad SMARTS) is 1. The highest BCUT2D eigenvalue weighted by Crippen LogP contribution is 2.13. The van der Waals surface area contributed by atoms with Crippen molar-refractivity contribution in [2.45, 2.75) is 13.5 Å². The summed E-state index contributed by atoms with van der Waals surface area (Å²) in [7, 11) is 0. The third-order valence-corrected chi connectivity index (χ3v) is 4.01. The summed E-state index contributed by atoms with van der Waals surface area (Å²) in [5.41, 5.74) is 2.32. The zero-order valence-corrected chi connectivity index (χ0v) is 14.6. The van der Waals surface area contributed by atoms with Crippen molar-refractivity contribution < 1.29 is 19.1 Å². The molecule has 0 radical (unpaired) electrons. The Morgan fingerprint density at radius 3 is 2.78 bits per heavy atom. The van der Waals surface area contributed by atoms with Gasteiger partial charge < -0.3 is 14.8 Å². The molecule has 0 atom stereocenters. The van der Waals surface area contributed by atoms with Gasteiger partial charge in [-0.25, -0.2) is 4.79 Å². The summed E-state index contributed by atoms with van der Waals surface area (Å²) < 4.78 is 5.44. The van der Waals surface area contributed by atoms with Gasteiger partial charge in [-0.2, -0.15) is 0 Å². The van der Waals surface area contributed by atoms with Crippen LogP contribution in [0.1, 0.15) is 27.0 Å². The molecule has 0 saturated heterocycles. The number of aryl methyl sites for hydroxylation is 1. The Morgan fingerprint density at radius 2 is 2.00 bits per heavy atom. The number of nitrogens with one attached hydrogen (secondary N) is 1. The fourth-order valence-corrected chi connectivity index (χ4v) is 2.60. The lowest BCUT2D eigenvalue weighted by atomic mass is 10.1. The van der Waals surface area contributed by atoms with Crippen LogP contribution in [0.4, 0.5) is 0 Å². The molecule has 0 aliphatic rings. The van der Waals surface area contributed by atoms with Crippen LogP contribution in [0.3, 0.4) is 0 Å². The topological polar surface area (TPSA) is 96.6 Å². The monoisotopic (exact) mass is 363 g/mol. The first-order valence-electron chi connectivity index (χ1n) is 8.24. The molecule has 3 aromatic rings. The number of hydrogen-bond acceptors (Lipinski definition) is 4. The molecule has 6 nitrogen and oxygen atoms in total. The van der Waals surface area contributed by atoms with E-state index in [9.17, 15) is 14.4 Å². The molecule has 6 heteroatoms. The van der Waals surface area contributed by atoms with Crippen molar-refractivity contribution in [2.75, 3.05) is 0 Å². The summed E-state index contributed by atoms with van der Waals surface area (Å²) in [5.74, 6) is -1.43. The number of fused-ring (bicyclic) bond motifs is 1. The standard InChI is InChI=1S/C21H17NO5/c1-13-5-7-18-17(9-13)20(24)16(12-27-18)6-8-19(23)22-11-14-3-2-4-15(10-14)21(25)26/h2-10,12H,11H2,1H3,(H,22,23)(H,25,26)/b8-6+. The number of rotatable bonds is 5. The van der Waals surface area contributed by atoms with Crippen LogP contribution in [0.15, 0.2) is 64.0 Å². The van der Waals surface area contributed by atoms with Crippen LogP contribution in [-0.4, -0.2) is 17.0 Å². The highest BCUT2D eigenvalue weighted by Gasteiger charge is 2.06. The van der Waals surface area contributed by atoms with E-state index in [4.69, 9.17) is 9.52 Å². The molecular formula is C21H17NO5. The molecule has 0 spiro atoms. The van der Waals surface area contributed by atoms with E-state index in [1.165, 1.54) is 30.5 Å². The van der Waals surface area contributed by atoms with E-state index in [0.29, 0.717) is 16.5 Å². The van der Waals surface area contributed by atoms with E-state index in [1.54, 1.807) is 24.3 Å². The van der Waals surface area contributed by atoms with E-state index in [2.05, 4.69) is 5.32 Å². The molecule has 0 aliphatic heterocycles. The Bertz CT molecular complexity index is 1110. The van der Waals surface area contributed by atoms with Gasteiger partial charge in [-0.1, -0.05) is 23.8 Å². The van der Waals surface area contributed by atoms with Crippen LogP contribution in [-0.2, 0) is 11.3 Å². The van der Waals surface area contributed by atoms with Crippen LogP contribution in [0.5, 0.6) is 0 Å². The van der Waals surface area contributed by atoms with Crippen LogP contribution in [0.2, 0.25) is 0 Å². The van der Waals surface area contributed by atoms with E-state index < -0.39 is 11.9 Å². The molecule has 0 fully saturated rings. The summed E-state index contributed by atoms with van der Waals surface area (Å²) in [4.78, 5) is 35.4. The first-order chi connectivity index (χ1) is 12.9. The Morgan fingerprint density at radius 1 is 1.19 bits per heavy atom. The number of carbonyl (C=O) groups excluding carboxylic acids is 1. The molecular weight excluding hydrogens is 346 g/mol. The lowest BCUT2D eigenvalue weighted by molar-refractivity contribution is -0.116. The van der Waals surface area contributed by atoms with Crippen molar-refractivity contribution in [1.29, 1.82) is 0 Å². The summed E-state index contributed by atoms with van der Waals surface area (Å²) in [6.45, 7) is 2.06. The molecule has 0 aliphatic carbocycles. The molecule has 2 N–H and O–H groups in total. The second-order valence-corrected chi connectivity index (χ2v) is 6.08. The van der Waals surface area contributed by atoms with Gasteiger partial charge in [0.05, 0.1) is 16.5 Å². The quantitative estimate of drug-likeness (QED) is 0.679. The van der Waals surface area contributed by atoms with Gasteiger partial charge >= 0.3 is 5.97 Å². The maximum atomic E-state index is 12.5. The van der Waals surface area contributed by atoms with Crippen LogP contribution >= 0.6 is 0 Å². The van der Waals surface area contributed by atoms with Gasteiger partial charge in [0.1, 0.15) is 11.8 Å². The maximum absolute atomic E-state index is 12.5. The van der Waals surface area contributed by atoms with Crippen molar-refractivity contribution in [2.24, 2.45) is 0 Å². The van der Waals surface area contributed by atoms with Gasteiger partial charge in [-0.15, -0.1) is 0 Å². The third kappa shape index (κ3) is 4.30. The van der Waals surface area contributed by atoms with Crippen molar-refractivity contribution in [3.05, 3.63) is 87.3 Å². The van der Waals surface area contributed by atoms with E-state index >= 15 is 0 Å². The summed E-state index contributed by atoms with van der Waals surface area (Å²) in [6, 6.07) is 11.6. The van der Waals surface area contributed by atoms with Gasteiger partial charge in [-0.05, 0) is 42.8 Å². The van der Waals surface area contributed by atoms with Crippen molar-refractivity contribution in [1.82, 2.24) is 5.32 Å². The summed E-state index contributed by atoms with van der Waals surface area (Å²) in [5, 5.41) is 12.1. The average Bonchev–Trinajstić information content (AvgIpc) is 2.66. The predicted octanol–water partition coefficient (Wildman–Crippen LogP) is 3.13. The van der Waals surface area contributed by atoms with Crippen LogP contribution < -0.4 is 10.7 Å². The Balaban J connectivity index is 1.71. The molecule has 0 saturated carbocycles. The van der Waals surface area contributed by atoms with Gasteiger partial charge in [0, 0.05) is 12.6 Å². The second kappa shape index (κ2) is 7.70. The highest BCUT2D eigenvalue weighted by molar-refractivity contribution is 5.92. The normalized spacial score (nSPS) is 11.0. The number of aromatic carboxylic acids is 1. The number of amides is 1. The van der Waals surface area contributed by atoms with Crippen molar-refractivity contribution in [3.63, 3.8) is 0 Å². The summed E-state index contributed by atoms with van der Waals surface area (Å²) in [6.07, 6.45) is 3.96. The Kier molecular flexibility index (Phi) is 5.17. The van der Waals surface area contributed by atoms with E-state index in [1.807, 2.05) is 13.0 Å². The predicted molar refractivity (Wildman–Crippen MR) is 102 cm³/mol. The summed E-state index contributed by atoms with van der Waals surface area (Å²) >= 11 is 0. The zero-order chi connectivity index (χ0) is 19.4. The number of hydrogen-bond donors (Lipinski definition) is 2. The fraction of sp³-hybridized carbons (Fsp3) is 0.0952. The van der Waals surface area contributed by atoms with Crippen LogP contribution in [0.25, 0.3) is 17.0 Å². The molecule has 0 unspecified atom stereocenters. The first kappa shape index (κ1) is 18.1. The zero-order valence-electron chi connectivity index (χ0n) is 14.6.